The fraction of sp³-hybridized carbons (Fsp3) is 0.650. The number of hydrogen-bond acceptors (Lipinski definition) is 7. The second-order valence-electron chi connectivity index (χ2n) is 8.03. The summed E-state index contributed by atoms with van der Waals surface area (Å²) in [6.45, 7) is 3.36. The molecule has 32 heavy (non-hydrogen) atoms. The van der Waals surface area contributed by atoms with Crippen LogP contribution in [0.15, 0.2) is 12.5 Å². The molecule has 1 saturated heterocycles. The highest BCUT2D eigenvalue weighted by atomic mass is 16.4. The highest BCUT2D eigenvalue weighted by molar-refractivity contribution is 5.94. The maximum atomic E-state index is 13.2. The zero-order valence-electron chi connectivity index (χ0n) is 18.3. The normalized spacial score (nSPS) is 19.6. The Labute approximate surface area is 185 Å². The van der Waals surface area contributed by atoms with Crippen molar-refractivity contribution in [3.05, 3.63) is 18.2 Å². The summed E-state index contributed by atoms with van der Waals surface area (Å²) in [5.41, 5.74) is 6.12. The number of nitrogens with zero attached hydrogens (tertiary/aromatic N) is 2. The Morgan fingerprint density at radius 1 is 1.31 bits per heavy atom. The van der Waals surface area contributed by atoms with Crippen LogP contribution >= 0.6 is 0 Å². The summed E-state index contributed by atoms with van der Waals surface area (Å²) in [4.78, 5) is 58.1. The van der Waals surface area contributed by atoms with Crippen molar-refractivity contribution in [2.45, 2.75) is 63.7 Å². The fourth-order valence-corrected chi connectivity index (χ4v) is 3.59. The van der Waals surface area contributed by atoms with Crippen LogP contribution in [0.4, 0.5) is 0 Å². The smallest absolute Gasteiger partial charge is 0.326 e. The number of aliphatic carboxylic acids is 1. The third kappa shape index (κ3) is 6.26. The molecule has 3 amide bonds. The van der Waals surface area contributed by atoms with Crippen molar-refractivity contribution >= 4 is 23.7 Å². The van der Waals surface area contributed by atoms with E-state index in [-0.39, 0.29) is 12.3 Å². The van der Waals surface area contributed by atoms with E-state index in [2.05, 4.69) is 20.6 Å². The monoisotopic (exact) mass is 452 g/mol. The Morgan fingerprint density at radius 2 is 2.03 bits per heavy atom. The Balaban J connectivity index is 2.22. The molecule has 1 fully saturated rings. The highest BCUT2D eigenvalue weighted by Gasteiger charge is 2.40. The first-order chi connectivity index (χ1) is 15.2. The Hall–Kier alpha value is -2.99. The van der Waals surface area contributed by atoms with Gasteiger partial charge in [0.2, 0.25) is 17.7 Å². The van der Waals surface area contributed by atoms with Crippen molar-refractivity contribution in [3.63, 3.8) is 0 Å². The fourth-order valence-electron chi connectivity index (χ4n) is 3.59. The summed E-state index contributed by atoms with van der Waals surface area (Å²) in [7, 11) is 0. The standard InChI is InChI=1S/C20H32N6O6/c1-3-11(2)16(19(30)26-6-4-5-15(26)20(31)32)25-18(29)14(7-12-8-22-10-23-12)24-17(28)13(21)9-27/h8,10-11,13-16,27H,3-7,9,21H2,1-2H3,(H,22,23)(H,24,28)(H,25,29)(H,31,32). The first kappa shape index (κ1) is 25.3. The van der Waals surface area contributed by atoms with Gasteiger partial charge in [-0.1, -0.05) is 20.3 Å². The lowest BCUT2D eigenvalue weighted by Gasteiger charge is -2.31. The Morgan fingerprint density at radius 3 is 2.59 bits per heavy atom. The third-order valence-electron chi connectivity index (χ3n) is 5.74. The average molecular weight is 453 g/mol. The van der Waals surface area contributed by atoms with E-state index in [1.165, 1.54) is 17.4 Å². The van der Waals surface area contributed by atoms with Gasteiger partial charge in [-0.15, -0.1) is 0 Å². The summed E-state index contributed by atoms with van der Waals surface area (Å²) in [6, 6.07) is -4.18. The largest absolute Gasteiger partial charge is 0.480 e. The SMILES string of the molecule is CCC(C)C(NC(=O)C(Cc1cnc[nH]1)NC(=O)C(N)CO)C(=O)N1CCCC1C(=O)O. The molecule has 1 aliphatic rings. The number of rotatable bonds is 11. The molecule has 12 heteroatoms. The number of aromatic amines is 1. The van der Waals surface area contributed by atoms with Gasteiger partial charge in [-0.25, -0.2) is 9.78 Å². The van der Waals surface area contributed by atoms with E-state index in [1.54, 1.807) is 6.92 Å². The third-order valence-corrected chi connectivity index (χ3v) is 5.74. The maximum absolute atomic E-state index is 13.2. The molecule has 0 aromatic carbocycles. The lowest BCUT2D eigenvalue weighted by atomic mass is 9.96. The van der Waals surface area contributed by atoms with Crippen molar-refractivity contribution in [1.82, 2.24) is 25.5 Å². The molecule has 2 rings (SSSR count). The first-order valence-corrected chi connectivity index (χ1v) is 10.7. The predicted octanol–water partition coefficient (Wildman–Crippen LogP) is -1.64. The van der Waals surface area contributed by atoms with Crippen LogP contribution in [0.2, 0.25) is 0 Å². The van der Waals surface area contributed by atoms with E-state index >= 15 is 0 Å². The van der Waals surface area contributed by atoms with Gasteiger partial charge >= 0.3 is 5.97 Å². The van der Waals surface area contributed by atoms with Crippen molar-refractivity contribution in [2.75, 3.05) is 13.2 Å². The summed E-state index contributed by atoms with van der Waals surface area (Å²) in [6.07, 6.45) is 4.48. The maximum Gasteiger partial charge on any atom is 0.326 e. The Kier molecular flexibility index (Phi) is 9.14. The molecule has 0 bridgehead atoms. The van der Waals surface area contributed by atoms with Gasteiger partial charge in [0.25, 0.3) is 0 Å². The van der Waals surface area contributed by atoms with Crippen molar-refractivity contribution in [3.8, 4) is 0 Å². The number of nitrogens with two attached hydrogens (primary N) is 1. The number of likely N-dealkylation sites (tertiary alicyclic amines) is 1. The zero-order valence-corrected chi connectivity index (χ0v) is 18.3. The van der Waals surface area contributed by atoms with E-state index in [0.29, 0.717) is 31.5 Å². The van der Waals surface area contributed by atoms with Crippen LogP contribution in [0, 0.1) is 5.92 Å². The van der Waals surface area contributed by atoms with Crippen molar-refractivity contribution in [2.24, 2.45) is 11.7 Å². The number of aliphatic hydroxyl groups excluding tert-OH is 1. The second-order valence-corrected chi connectivity index (χ2v) is 8.03. The van der Waals surface area contributed by atoms with Gasteiger partial charge in [0.05, 0.1) is 12.9 Å². The van der Waals surface area contributed by atoms with E-state index in [1.807, 2.05) is 6.92 Å². The van der Waals surface area contributed by atoms with Crippen LogP contribution < -0.4 is 16.4 Å². The number of carboxylic acids is 1. The number of H-pyrrole nitrogens is 1. The number of carboxylic acid groups (broad SMARTS) is 1. The number of carbonyl (C=O) groups is 4. The molecule has 5 atom stereocenters. The van der Waals surface area contributed by atoms with Crippen LogP contribution in [0.5, 0.6) is 0 Å². The van der Waals surface area contributed by atoms with Gasteiger partial charge in [-0.05, 0) is 18.8 Å². The molecule has 178 valence electrons. The van der Waals surface area contributed by atoms with Crippen LogP contribution in [0.1, 0.15) is 38.8 Å². The number of aliphatic hydroxyl groups is 1. The summed E-state index contributed by atoms with van der Waals surface area (Å²) in [5, 5.41) is 23.8. The Bertz CT molecular complexity index is 801. The topological polar surface area (TPSA) is 191 Å². The quantitative estimate of drug-likeness (QED) is 0.230. The predicted molar refractivity (Wildman–Crippen MR) is 113 cm³/mol. The molecule has 7 N–H and O–H groups in total. The zero-order chi connectivity index (χ0) is 23.8. The van der Waals surface area contributed by atoms with E-state index in [9.17, 15) is 24.3 Å². The molecule has 0 spiro atoms. The van der Waals surface area contributed by atoms with E-state index < -0.39 is 54.5 Å². The van der Waals surface area contributed by atoms with E-state index in [4.69, 9.17) is 10.8 Å². The van der Waals surface area contributed by atoms with Gasteiger partial charge in [0, 0.05) is 24.9 Å². The molecule has 0 aliphatic carbocycles. The number of aromatic nitrogens is 2. The summed E-state index contributed by atoms with van der Waals surface area (Å²) in [5.74, 6) is -3.15. The molecule has 2 heterocycles. The van der Waals surface area contributed by atoms with Gasteiger partial charge in [-0.2, -0.15) is 0 Å². The van der Waals surface area contributed by atoms with Crippen molar-refractivity contribution in [1.29, 1.82) is 0 Å². The second kappa shape index (κ2) is 11.6. The minimum Gasteiger partial charge on any atom is -0.480 e. The van der Waals surface area contributed by atoms with Crippen LogP contribution in [-0.4, -0.2) is 86.1 Å². The summed E-state index contributed by atoms with van der Waals surface area (Å²) >= 11 is 0. The van der Waals surface area contributed by atoms with E-state index in [0.717, 1.165) is 0 Å². The number of carbonyl (C=O) groups excluding carboxylic acids is 3. The van der Waals surface area contributed by atoms with Gasteiger partial charge < -0.3 is 36.5 Å². The molecular weight excluding hydrogens is 420 g/mol. The van der Waals surface area contributed by atoms with Crippen molar-refractivity contribution < 1.29 is 29.4 Å². The molecule has 1 aliphatic heterocycles. The minimum atomic E-state index is -1.21. The molecule has 1 aromatic rings. The first-order valence-electron chi connectivity index (χ1n) is 10.7. The number of nitrogens with one attached hydrogen (secondary N) is 3. The number of hydrogen-bond donors (Lipinski definition) is 6. The molecule has 1 aromatic heterocycles. The lowest BCUT2D eigenvalue weighted by Crippen LogP contribution is -2.59. The van der Waals surface area contributed by atoms with Crippen LogP contribution in [0.25, 0.3) is 0 Å². The minimum absolute atomic E-state index is 0.0542. The van der Waals surface area contributed by atoms with Gasteiger partial charge in [-0.3, -0.25) is 14.4 Å². The number of amides is 3. The van der Waals surface area contributed by atoms with Crippen LogP contribution in [-0.2, 0) is 25.6 Å². The number of imidazole rings is 1. The molecule has 12 nitrogen and oxygen atoms in total. The molecular formula is C20H32N6O6. The van der Waals surface area contributed by atoms with Gasteiger partial charge in [0.15, 0.2) is 0 Å². The molecule has 0 radical (unpaired) electrons. The van der Waals surface area contributed by atoms with Gasteiger partial charge in [0.1, 0.15) is 24.2 Å². The molecule has 0 saturated carbocycles. The van der Waals surface area contributed by atoms with Crippen LogP contribution in [0.3, 0.4) is 0 Å². The summed E-state index contributed by atoms with van der Waals surface area (Å²) < 4.78 is 0. The highest BCUT2D eigenvalue weighted by Crippen LogP contribution is 2.21. The molecule has 5 unspecified atom stereocenters. The lowest BCUT2D eigenvalue weighted by molar-refractivity contribution is -0.150. The average Bonchev–Trinajstić information content (AvgIpc) is 3.47.